The van der Waals surface area contributed by atoms with Crippen molar-refractivity contribution < 1.29 is 0 Å². The molecule has 0 saturated heterocycles. The first-order valence-electron chi connectivity index (χ1n) is 19.9. The quantitative estimate of drug-likeness (QED) is 0.169. The van der Waals surface area contributed by atoms with Crippen LogP contribution in [0.4, 0.5) is 0 Å². The fourth-order valence-electron chi connectivity index (χ4n) is 8.92. The Hall–Kier alpha value is -6.94. The molecule has 274 valence electrons. The van der Waals surface area contributed by atoms with Gasteiger partial charge in [0.05, 0.1) is 11.4 Å². The third-order valence-electron chi connectivity index (χ3n) is 11.9. The SMILES string of the molecule is CC1(C)c2ccccc2-c2ccc(-c3ccc(-c4nc(-c5ccccc5)cc(-c5cc(-c6ccccc6)cc(-c6cccc7sc8ccccc8c67)c5)n4)cc3)cc21. The van der Waals surface area contributed by atoms with E-state index in [4.69, 9.17) is 9.97 Å². The van der Waals surface area contributed by atoms with Crippen LogP contribution in [0, 0.1) is 0 Å². The maximum atomic E-state index is 5.35. The van der Waals surface area contributed by atoms with Gasteiger partial charge in [0.15, 0.2) is 5.82 Å². The van der Waals surface area contributed by atoms with E-state index < -0.39 is 0 Å². The molecule has 2 aromatic heterocycles. The Bertz CT molecular complexity index is 3180. The molecule has 3 heteroatoms. The van der Waals surface area contributed by atoms with Crippen LogP contribution in [-0.4, -0.2) is 9.97 Å². The molecule has 0 amide bonds. The summed E-state index contributed by atoms with van der Waals surface area (Å²) in [5.74, 6) is 0.700. The second kappa shape index (κ2) is 13.6. The van der Waals surface area contributed by atoms with Crippen LogP contribution in [0.3, 0.4) is 0 Å². The number of thiophene rings is 1. The van der Waals surface area contributed by atoms with Crippen LogP contribution in [0.2, 0.25) is 0 Å². The molecule has 2 heterocycles. The predicted molar refractivity (Wildman–Crippen MR) is 245 cm³/mol. The molecule has 0 unspecified atom stereocenters. The third-order valence-corrected chi connectivity index (χ3v) is 13.0. The van der Waals surface area contributed by atoms with Gasteiger partial charge in [-0.25, -0.2) is 9.97 Å². The molecule has 11 rings (SSSR count). The minimum Gasteiger partial charge on any atom is -0.228 e. The number of rotatable bonds is 6. The lowest BCUT2D eigenvalue weighted by Crippen LogP contribution is -2.14. The number of aromatic nitrogens is 2. The zero-order chi connectivity index (χ0) is 38.8. The molecule has 58 heavy (non-hydrogen) atoms. The Balaban J connectivity index is 1.05. The van der Waals surface area contributed by atoms with Crippen LogP contribution in [0.25, 0.3) is 98.6 Å². The van der Waals surface area contributed by atoms with Gasteiger partial charge in [0.25, 0.3) is 0 Å². The lowest BCUT2D eigenvalue weighted by molar-refractivity contribution is 0.660. The van der Waals surface area contributed by atoms with Crippen molar-refractivity contribution in [1.29, 1.82) is 0 Å². The van der Waals surface area contributed by atoms with Gasteiger partial charge in [-0.2, -0.15) is 0 Å². The van der Waals surface area contributed by atoms with Crippen LogP contribution in [0.15, 0.2) is 194 Å². The summed E-state index contributed by atoms with van der Waals surface area (Å²) in [6.45, 7) is 4.67. The minimum atomic E-state index is -0.0499. The average molecular weight is 759 g/mol. The van der Waals surface area contributed by atoms with Crippen molar-refractivity contribution in [1.82, 2.24) is 9.97 Å². The number of hydrogen-bond acceptors (Lipinski definition) is 3. The molecule has 0 N–H and O–H groups in total. The van der Waals surface area contributed by atoms with E-state index in [9.17, 15) is 0 Å². The van der Waals surface area contributed by atoms with E-state index in [0.29, 0.717) is 5.82 Å². The second-order valence-corrected chi connectivity index (χ2v) is 16.9. The maximum absolute atomic E-state index is 5.35. The van der Waals surface area contributed by atoms with Gasteiger partial charge in [0, 0.05) is 42.3 Å². The summed E-state index contributed by atoms with van der Waals surface area (Å²) in [6, 6.07) is 70.1. The van der Waals surface area contributed by atoms with E-state index >= 15 is 0 Å². The molecule has 0 fully saturated rings. The molecule has 0 spiro atoms. The lowest BCUT2D eigenvalue weighted by Gasteiger charge is -2.22. The highest BCUT2D eigenvalue weighted by atomic mass is 32.1. The van der Waals surface area contributed by atoms with Gasteiger partial charge >= 0.3 is 0 Å². The van der Waals surface area contributed by atoms with E-state index in [1.165, 1.54) is 64.7 Å². The number of fused-ring (bicyclic) bond motifs is 6. The van der Waals surface area contributed by atoms with Crippen LogP contribution in [-0.2, 0) is 5.41 Å². The zero-order valence-electron chi connectivity index (χ0n) is 32.3. The van der Waals surface area contributed by atoms with E-state index in [1.54, 1.807) is 0 Å². The largest absolute Gasteiger partial charge is 0.228 e. The summed E-state index contributed by atoms with van der Waals surface area (Å²) in [4.78, 5) is 10.6. The standard InChI is InChI=1S/C55H38N2S/c1-55(2)47-21-11-9-18-44(47)45-29-28-39(33-48(45)55)36-24-26-38(27-25-36)54-56-49(37-16-7-4-8-17-37)34-50(57-54)42-31-40(35-14-5-3-6-15-35)30-41(32-42)43-20-13-23-52-53(43)46-19-10-12-22-51(46)58-52/h3-34H,1-2H3. The summed E-state index contributed by atoms with van der Waals surface area (Å²) < 4.78 is 2.59. The molecular formula is C55H38N2S. The van der Waals surface area contributed by atoms with E-state index in [0.717, 1.165) is 39.2 Å². The first-order valence-corrected chi connectivity index (χ1v) is 20.7. The first-order chi connectivity index (χ1) is 28.5. The molecule has 0 bridgehead atoms. The Morgan fingerprint density at radius 3 is 1.74 bits per heavy atom. The van der Waals surface area contributed by atoms with E-state index in [2.05, 4.69) is 202 Å². The number of benzene rings is 8. The van der Waals surface area contributed by atoms with Crippen molar-refractivity contribution >= 4 is 31.5 Å². The summed E-state index contributed by atoms with van der Waals surface area (Å²) in [5, 5.41) is 2.58. The molecular weight excluding hydrogens is 721 g/mol. The Labute approximate surface area is 342 Å². The summed E-state index contributed by atoms with van der Waals surface area (Å²) in [5.41, 5.74) is 17.3. The summed E-state index contributed by atoms with van der Waals surface area (Å²) in [6.07, 6.45) is 0. The van der Waals surface area contributed by atoms with Gasteiger partial charge in [0.2, 0.25) is 0 Å². The molecule has 1 aliphatic carbocycles. The predicted octanol–water partition coefficient (Wildman–Crippen LogP) is 15.2. The smallest absolute Gasteiger partial charge is 0.160 e. The van der Waals surface area contributed by atoms with Crippen molar-refractivity contribution in [2.75, 3.05) is 0 Å². The first kappa shape index (κ1) is 34.3. The highest BCUT2D eigenvalue weighted by Crippen LogP contribution is 2.49. The monoisotopic (exact) mass is 758 g/mol. The van der Waals surface area contributed by atoms with Gasteiger partial charge in [-0.15, -0.1) is 11.3 Å². The molecule has 0 aliphatic heterocycles. The third kappa shape index (κ3) is 5.78. The topological polar surface area (TPSA) is 25.8 Å². The number of hydrogen-bond donors (Lipinski definition) is 0. The van der Waals surface area contributed by atoms with E-state index in [1.807, 2.05) is 17.4 Å². The molecule has 0 radical (unpaired) electrons. The Morgan fingerprint density at radius 1 is 0.362 bits per heavy atom. The zero-order valence-corrected chi connectivity index (χ0v) is 33.1. The van der Waals surface area contributed by atoms with Gasteiger partial charge in [-0.1, -0.05) is 166 Å². The van der Waals surface area contributed by atoms with Crippen LogP contribution < -0.4 is 0 Å². The van der Waals surface area contributed by atoms with Crippen molar-refractivity contribution in [3.63, 3.8) is 0 Å². The normalized spacial score (nSPS) is 12.8. The average Bonchev–Trinajstić information content (AvgIpc) is 3.78. The van der Waals surface area contributed by atoms with Gasteiger partial charge in [-0.05, 0) is 98.1 Å². The molecule has 1 aliphatic rings. The van der Waals surface area contributed by atoms with Crippen LogP contribution in [0.1, 0.15) is 25.0 Å². The van der Waals surface area contributed by atoms with Gasteiger partial charge in [0.1, 0.15) is 0 Å². The second-order valence-electron chi connectivity index (χ2n) is 15.8. The van der Waals surface area contributed by atoms with Gasteiger partial charge in [-0.3, -0.25) is 0 Å². The van der Waals surface area contributed by atoms with Gasteiger partial charge < -0.3 is 0 Å². The van der Waals surface area contributed by atoms with Crippen LogP contribution in [0.5, 0.6) is 0 Å². The molecule has 2 nitrogen and oxygen atoms in total. The molecule has 0 saturated carbocycles. The number of nitrogens with zero attached hydrogens (tertiary/aromatic N) is 2. The minimum absolute atomic E-state index is 0.0499. The van der Waals surface area contributed by atoms with Crippen LogP contribution >= 0.6 is 11.3 Å². The summed E-state index contributed by atoms with van der Waals surface area (Å²) >= 11 is 1.85. The highest BCUT2D eigenvalue weighted by Gasteiger charge is 2.35. The lowest BCUT2D eigenvalue weighted by atomic mass is 9.81. The summed E-state index contributed by atoms with van der Waals surface area (Å²) in [7, 11) is 0. The maximum Gasteiger partial charge on any atom is 0.160 e. The Kier molecular flexibility index (Phi) is 8.06. The molecule has 0 atom stereocenters. The van der Waals surface area contributed by atoms with Crippen molar-refractivity contribution in [3.05, 3.63) is 205 Å². The van der Waals surface area contributed by atoms with Crippen molar-refractivity contribution in [2.24, 2.45) is 0 Å². The van der Waals surface area contributed by atoms with Crippen molar-refractivity contribution in [2.45, 2.75) is 19.3 Å². The Morgan fingerprint density at radius 2 is 0.931 bits per heavy atom. The van der Waals surface area contributed by atoms with E-state index in [-0.39, 0.29) is 5.41 Å². The fourth-order valence-corrected chi connectivity index (χ4v) is 10.1. The molecule has 10 aromatic rings. The van der Waals surface area contributed by atoms with Crippen molar-refractivity contribution in [3.8, 4) is 78.4 Å². The highest BCUT2D eigenvalue weighted by molar-refractivity contribution is 7.25. The molecule has 8 aromatic carbocycles. The fraction of sp³-hybridized carbons (Fsp3) is 0.0545.